The van der Waals surface area contributed by atoms with E-state index in [0.717, 1.165) is 11.3 Å². The fraction of sp³-hybridized carbons (Fsp3) is 0.222. The molecule has 0 aromatic carbocycles. The molecule has 2 aromatic rings. The zero-order chi connectivity index (χ0) is 11.0. The third-order valence-electron chi connectivity index (χ3n) is 2.34. The van der Waals surface area contributed by atoms with Gasteiger partial charge in [-0.05, 0) is 19.4 Å². The second kappa shape index (κ2) is 3.23. The summed E-state index contributed by atoms with van der Waals surface area (Å²) in [5.41, 5.74) is 8.56. The molecule has 0 amide bonds. The molecule has 0 fully saturated rings. The number of fused-ring (bicyclic) bond motifs is 1. The highest BCUT2D eigenvalue weighted by Crippen LogP contribution is 2.09. The lowest BCUT2D eigenvalue weighted by molar-refractivity contribution is 0.318. The molecule has 2 rings (SSSR count). The summed E-state index contributed by atoms with van der Waals surface area (Å²) in [4.78, 5) is 4.19. The lowest BCUT2D eigenvalue weighted by atomic mass is 10.3. The van der Waals surface area contributed by atoms with Crippen molar-refractivity contribution in [2.75, 3.05) is 0 Å². The molecule has 0 bridgehead atoms. The molecule has 2 heterocycles. The Morgan fingerprint density at radius 1 is 1.53 bits per heavy atom. The lowest BCUT2D eigenvalue weighted by Gasteiger charge is -2.00. The molecule has 6 heteroatoms. The minimum Gasteiger partial charge on any atom is -0.409 e. The SMILES string of the molecule is Cc1cnc2cc(/C(N)=N\O)nn2c1C. The predicted octanol–water partition coefficient (Wildman–Crippen LogP) is 0.441. The van der Waals surface area contributed by atoms with E-state index >= 15 is 0 Å². The van der Waals surface area contributed by atoms with E-state index in [9.17, 15) is 0 Å². The summed E-state index contributed by atoms with van der Waals surface area (Å²) in [5.74, 6) is -0.0162. The van der Waals surface area contributed by atoms with Crippen LogP contribution in [0.3, 0.4) is 0 Å². The van der Waals surface area contributed by atoms with Crippen LogP contribution in [0.4, 0.5) is 0 Å². The zero-order valence-electron chi connectivity index (χ0n) is 8.47. The lowest BCUT2D eigenvalue weighted by Crippen LogP contribution is -2.13. The van der Waals surface area contributed by atoms with Gasteiger partial charge in [0, 0.05) is 18.0 Å². The second-order valence-corrected chi connectivity index (χ2v) is 3.31. The molecule has 0 unspecified atom stereocenters. The van der Waals surface area contributed by atoms with Crippen molar-refractivity contribution in [1.29, 1.82) is 0 Å². The Hall–Kier alpha value is -2.11. The van der Waals surface area contributed by atoms with Gasteiger partial charge in [0.15, 0.2) is 11.5 Å². The van der Waals surface area contributed by atoms with Gasteiger partial charge in [-0.25, -0.2) is 9.50 Å². The molecule has 3 N–H and O–H groups in total. The van der Waals surface area contributed by atoms with Gasteiger partial charge in [-0.2, -0.15) is 5.10 Å². The molecule has 6 nitrogen and oxygen atoms in total. The number of nitrogens with two attached hydrogens (primary N) is 1. The van der Waals surface area contributed by atoms with Crippen molar-refractivity contribution in [3.05, 3.63) is 29.2 Å². The Morgan fingerprint density at radius 3 is 2.93 bits per heavy atom. The highest BCUT2D eigenvalue weighted by atomic mass is 16.4. The summed E-state index contributed by atoms with van der Waals surface area (Å²) >= 11 is 0. The van der Waals surface area contributed by atoms with E-state index < -0.39 is 0 Å². The average molecular weight is 205 g/mol. The standard InChI is InChI=1S/C9H11N5O/c1-5-4-11-8-3-7(9(10)13-15)12-14(8)6(5)2/h3-4,15H,1-2H3,(H2,10,13). The van der Waals surface area contributed by atoms with E-state index in [1.165, 1.54) is 0 Å². The van der Waals surface area contributed by atoms with Crippen molar-refractivity contribution >= 4 is 11.5 Å². The van der Waals surface area contributed by atoms with E-state index in [1.54, 1.807) is 16.8 Å². The third-order valence-corrected chi connectivity index (χ3v) is 2.34. The number of nitrogens with zero attached hydrogens (tertiary/aromatic N) is 4. The molecule has 15 heavy (non-hydrogen) atoms. The molecular weight excluding hydrogens is 194 g/mol. The molecule has 2 aromatic heterocycles. The second-order valence-electron chi connectivity index (χ2n) is 3.31. The van der Waals surface area contributed by atoms with E-state index in [1.807, 2.05) is 13.8 Å². The highest BCUT2D eigenvalue weighted by molar-refractivity contribution is 5.96. The largest absolute Gasteiger partial charge is 0.409 e. The first kappa shape index (κ1) is 9.45. The van der Waals surface area contributed by atoms with Crippen LogP contribution < -0.4 is 5.73 Å². The van der Waals surface area contributed by atoms with Crippen molar-refractivity contribution in [3.63, 3.8) is 0 Å². The molecule has 0 aliphatic carbocycles. The van der Waals surface area contributed by atoms with Crippen molar-refractivity contribution in [2.45, 2.75) is 13.8 Å². The summed E-state index contributed by atoms with van der Waals surface area (Å²) in [6.45, 7) is 3.89. The van der Waals surface area contributed by atoms with Gasteiger partial charge in [0.05, 0.1) is 0 Å². The Bertz CT molecular complexity index is 543. The van der Waals surface area contributed by atoms with Gasteiger partial charge in [-0.1, -0.05) is 5.16 Å². The quantitative estimate of drug-likeness (QED) is 0.306. The summed E-state index contributed by atoms with van der Waals surface area (Å²) < 4.78 is 1.67. The van der Waals surface area contributed by atoms with Gasteiger partial charge < -0.3 is 10.9 Å². The maximum absolute atomic E-state index is 8.53. The van der Waals surface area contributed by atoms with Gasteiger partial charge in [0.2, 0.25) is 0 Å². The smallest absolute Gasteiger partial charge is 0.190 e. The van der Waals surface area contributed by atoms with Crippen LogP contribution in [0.5, 0.6) is 0 Å². The predicted molar refractivity (Wildman–Crippen MR) is 55.0 cm³/mol. The van der Waals surface area contributed by atoms with Crippen LogP contribution in [0.1, 0.15) is 17.0 Å². The first-order chi connectivity index (χ1) is 7.13. The maximum Gasteiger partial charge on any atom is 0.190 e. The summed E-state index contributed by atoms with van der Waals surface area (Å²) in [6, 6.07) is 1.67. The van der Waals surface area contributed by atoms with Gasteiger partial charge in [-0.3, -0.25) is 0 Å². The number of aromatic nitrogens is 3. The molecule has 0 spiro atoms. The minimum atomic E-state index is -0.0162. The average Bonchev–Trinajstić information content (AvgIpc) is 2.67. The molecule has 0 radical (unpaired) electrons. The number of hydrogen-bond acceptors (Lipinski definition) is 4. The number of hydrogen-bond donors (Lipinski definition) is 2. The molecule has 0 aliphatic heterocycles. The Morgan fingerprint density at radius 2 is 2.27 bits per heavy atom. The van der Waals surface area contributed by atoms with Crippen LogP contribution in [0.2, 0.25) is 0 Å². The molecular formula is C9H11N5O. The normalized spacial score (nSPS) is 12.3. The van der Waals surface area contributed by atoms with Crippen LogP contribution in [-0.2, 0) is 0 Å². The zero-order valence-corrected chi connectivity index (χ0v) is 8.47. The fourth-order valence-electron chi connectivity index (χ4n) is 1.31. The van der Waals surface area contributed by atoms with E-state index in [4.69, 9.17) is 10.9 Å². The number of oxime groups is 1. The van der Waals surface area contributed by atoms with E-state index in [-0.39, 0.29) is 5.84 Å². The molecule has 0 saturated carbocycles. The van der Waals surface area contributed by atoms with Crippen molar-refractivity contribution in [3.8, 4) is 0 Å². The molecule has 78 valence electrons. The van der Waals surface area contributed by atoms with Crippen molar-refractivity contribution in [2.24, 2.45) is 10.9 Å². The van der Waals surface area contributed by atoms with Crippen LogP contribution in [0.25, 0.3) is 5.65 Å². The fourth-order valence-corrected chi connectivity index (χ4v) is 1.31. The highest BCUT2D eigenvalue weighted by Gasteiger charge is 2.09. The number of aryl methyl sites for hydroxylation is 2. The summed E-state index contributed by atoms with van der Waals surface area (Å²) in [7, 11) is 0. The molecule has 0 aliphatic rings. The van der Waals surface area contributed by atoms with Crippen molar-refractivity contribution < 1.29 is 5.21 Å². The summed E-state index contributed by atoms with van der Waals surface area (Å²) in [6.07, 6.45) is 1.77. The summed E-state index contributed by atoms with van der Waals surface area (Å²) in [5, 5.41) is 15.6. The first-order valence-electron chi connectivity index (χ1n) is 4.43. The van der Waals surface area contributed by atoms with Gasteiger partial charge in [-0.15, -0.1) is 0 Å². The van der Waals surface area contributed by atoms with Crippen LogP contribution in [0.15, 0.2) is 17.4 Å². The van der Waals surface area contributed by atoms with Gasteiger partial charge in [0.1, 0.15) is 5.69 Å². The number of rotatable bonds is 1. The maximum atomic E-state index is 8.53. The minimum absolute atomic E-state index is 0.0162. The van der Waals surface area contributed by atoms with Gasteiger partial charge in [0.25, 0.3) is 0 Å². The Kier molecular flexibility index (Phi) is 2.03. The van der Waals surface area contributed by atoms with Crippen molar-refractivity contribution in [1.82, 2.24) is 14.6 Å². The monoisotopic (exact) mass is 205 g/mol. The first-order valence-corrected chi connectivity index (χ1v) is 4.43. The van der Waals surface area contributed by atoms with Crippen LogP contribution in [0, 0.1) is 13.8 Å². The van der Waals surface area contributed by atoms with E-state index in [2.05, 4.69) is 15.2 Å². The third kappa shape index (κ3) is 1.39. The molecule has 0 atom stereocenters. The van der Waals surface area contributed by atoms with Crippen LogP contribution in [-0.4, -0.2) is 25.6 Å². The Labute approximate surface area is 86.0 Å². The Balaban J connectivity index is 2.71. The topological polar surface area (TPSA) is 88.8 Å². The van der Waals surface area contributed by atoms with Crippen LogP contribution >= 0.6 is 0 Å². The van der Waals surface area contributed by atoms with Gasteiger partial charge >= 0.3 is 0 Å². The number of amidine groups is 1. The molecule has 0 saturated heterocycles. The van der Waals surface area contributed by atoms with E-state index in [0.29, 0.717) is 11.3 Å².